The van der Waals surface area contributed by atoms with Crippen LogP contribution in [0, 0.1) is 0 Å². The van der Waals surface area contributed by atoms with E-state index in [0.29, 0.717) is 23.4 Å². The van der Waals surface area contributed by atoms with Crippen molar-refractivity contribution in [2.24, 2.45) is 5.73 Å². The zero-order valence-corrected chi connectivity index (χ0v) is 16.3. The quantitative estimate of drug-likeness (QED) is 0.482. The van der Waals surface area contributed by atoms with Crippen molar-refractivity contribution in [1.29, 1.82) is 0 Å². The normalized spacial score (nSPS) is 11.6. The van der Waals surface area contributed by atoms with Crippen LogP contribution in [0.25, 0.3) is 10.4 Å². The van der Waals surface area contributed by atoms with Crippen molar-refractivity contribution in [2.75, 3.05) is 18.1 Å². The van der Waals surface area contributed by atoms with E-state index in [2.05, 4.69) is 10.6 Å². The van der Waals surface area contributed by atoms with Crippen LogP contribution in [0.2, 0.25) is 0 Å². The highest BCUT2D eigenvalue weighted by atomic mass is 32.1. The molecule has 1 aromatic heterocycles. The molecule has 7 heteroatoms. The molecule has 0 saturated carbocycles. The molecule has 0 bridgehead atoms. The second kappa shape index (κ2) is 8.69. The third kappa shape index (κ3) is 4.57. The van der Waals surface area contributed by atoms with Crippen LogP contribution in [0.5, 0.6) is 0 Å². The zero-order valence-electron chi connectivity index (χ0n) is 15.4. The number of rotatable bonds is 6. The molecule has 144 valence electrons. The first-order valence-corrected chi connectivity index (χ1v) is 9.66. The van der Waals surface area contributed by atoms with E-state index < -0.39 is 6.04 Å². The van der Waals surface area contributed by atoms with Crippen LogP contribution in [0.15, 0.2) is 60.0 Å². The summed E-state index contributed by atoms with van der Waals surface area (Å²) in [6.07, 6.45) is 0.400. The Bertz CT molecular complexity index is 969. The molecule has 1 unspecified atom stereocenters. The first-order chi connectivity index (χ1) is 13.5. The molecule has 0 radical (unpaired) electrons. The van der Waals surface area contributed by atoms with Gasteiger partial charge >= 0.3 is 0 Å². The predicted octanol–water partition coefficient (Wildman–Crippen LogP) is 2.87. The van der Waals surface area contributed by atoms with Crippen molar-refractivity contribution in [3.63, 3.8) is 0 Å². The monoisotopic (exact) mass is 394 g/mol. The number of nitrogens with one attached hydrogen (secondary N) is 2. The van der Waals surface area contributed by atoms with Crippen LogP contribution >= 0.6 is 11.3 Å². The average molecular weight is 395 g/mol. The molecule has 1 heterocycles. The molecule has 0 saturated heterocycles. The summed E-state index contributed by atoms with van der Waals surface area (Å²) < 4.78 is 0. The molecule has 6 N–H and O–H groups in total. The minimum atomic E-state index is -0.621. The van der Waals surface area contributed by atoms with Gasteiger partial charge in [0.2, 0.25) is 5.91 Å². The SMILES string of the molecule is CNC(=O)C(N)Cc1ccc(C(=O)Nc2cc(-c3cccs3)ccc2N)cc1. The average Bonchev–Trinajstić information content (AvgIpc) is 3.24. The van der Waals surface area contributed by atoms with Crippen molar-refractivity contribution < 1.29 is 9.59 Å². The van der Waals surface area contributed by atoms with Gasteiger partial charge in [-0.1, -0.05) is 24.3 Å². The fourth-order valence-corrected chi connectivity index (χ4v) is 3.50. The van der Waals surface area contributed by atoms with E-state index in [1.807, 2.05) is 29.6 Å². The van der Waals surface area contributed by atoms with Crippen molar-refractivity contribution >= 4 is 34.5 Å². The highest BCUT2D eigenvalue weighted by Gasteiger charge is 2.13. The number of nitrogen functional groups attached to an aromatic ring is 1. The Kier molecular flexibility index (Phi) is 6.08. The van der Waals surface area contributed by atoms with Crippen molar-refractivity contribution in [3.05, 3.63) is 71.1 Å². The smallest absolute Gasteiger partial charge is 0.255 e. The molecule has 1 atom stereocenters. The summed E-state index contributed by atoms with van der Waals surface area (Å²) in [4.78, 5) is 25.2. The van der Waals surface area contributed by atoms with E-state index in [9.17, 15) is 9.59 Å². The van der Waals surface area contributed by atoms with Crippen LogP contribution in [0.3, 0.4) is 0 Å². The maximum Gasteiger partial charge on any atom is 0.255 e. The highest BCUT2D eigenvalue weighted by Crippen LogP contribution is 2.30. The Hall–Kier alpha value is -3.16. The number of thiophene rings is 1. The molecule has 0 aliphatic rings. The van der Waals surface area contributed by atoms with E-state index in [4.69, 9.17) is 11.5 Å². The van der Waals surface area contributed by atoms with Crippen LogP contribution in [0.4, 0.5) is 11.4 Å². The molecule has 3 rings (SSSR count). The van der Waals surface area contributed by atoms with E-state index >= 15 is 0 Å². The van der Waals surface area contributed by atoms with Gasteiger partial charge in [0.1, 0.15) is 0 Å². The Balaban J connectivity index is 1.71. The summed E-state index contributed by atoms with van der Waals surface area (Å²) in [5.74, 6) is -0.472. The third-order valence-corrected chi connectivity index (χ3v) is 5.28. The fraction of sp³-hybridized carbons (Fsp3) is 0.143. The van der Waals surface area contributed by atoms with E-state index in [1.165, 1.54) is 0 Å². The maximum absolute atomic E-state index is 12.6. The van der Waals surface area contributed by atoms with Gasteiger partial charge in [0, 0.05) is 17.5 Å². The van der Waals surface area contributed by atoms with Crippen molar-refractivity contribution in [2.45, 2.75) is 12.5 Å². The number of nitrogens with two attached hydrogens (primary N) is 2. The predicted molar refractivity (Wildman–Crippen MR) is 114 cm³/mol. The van der Waals surface area contributed by atoms with Gasteiger partial charge in [-0.05, 0) is 53.3 Å². The maximum atomic E-state index is 12.6. The summed E-state index contributed by atoms with van der Waals surface area (Å²) in [5.41, 5.74) is 15.3. The number of carbonyl (C=O) groups is 2. The topological polar surface area (TPSA) is 110 Å². The molecular formula is C21H22N4O2S. The largest absolute Gasteiger partial charge is 0.397 e. The van der Waals surface area contributed by atoms with Gasteiger partial charge < -0.3 is 22.1 Å². The van der Waals surface area contributed by atoms with Crippen molar-refractivity contribution in [3.8, 4) is 10.4 Å². The molecule has 0 aliphatic carbocycles. The molecule has 0 spiro atoms. The minimum Gasteiger partial charge on any atom is -0.397 e. The van der Waals surface area contributed by atoms with E-state index in [1.54, 1.807) is 48.7 Å². The van der Waals surface area contributed by atoms with Gasteiger partial charge in [-0.25, -0.2) is 0 Å². The summed E-state index contributed by atoms with van der Waals surface area (Å²) in [6.45, 7) is 0. The van der Waals surface area contributed by atoms with E-state index in [0.717, 1.165) is 16.0 Å². The molecule has 3 aromatic rings. The Labute approximate surface area is 167 Å². The van der Waals surface area contributed by atoms with Crippen LogP contribution in [-0.4, -0.2) is 24.9 Å². The second-order valence-electron chi connectivity index (χ2n) is 6.36. The minimum absolute atomic E-state index is 0.220. The van der Waals surface area contributed by atoms with Gasteiger partial charge in [0.05, 0.1) is 17.4 Å². The lowest BCUT2D eigenvalue weighted by Crippen LogP contribution is -2.40. The number of amides is 2. The Morgan fingerprint density at radius 2 is 1.86 bits per heavy atom. The molecule has 2 amide bonds. The second-order valence-corrected chi connectivity index (χ2v) is 7.30. The number of carbonyl (C=O) groups excluding carboxylic acids is 2. The van der Waals surface area contributed by atoms with Gasteiger partial charge in [0.25, 0.3) is 5.91 Å². The van der Waals surface area contributed by atoms with Crippen LogP contribution in [0.1, 0.15) is 15.9 Å². The Morgan fingerprint density at radius 3 is 2.50 bits per heavy atom. The molecular weight excluding hydrogens is 372 g/mol. The molecule has 0 fully saturated rings. The van der Waals surface area contributed by atoms with Crippen LogP contribution in [-0.2, 0) is 11.2 Å². The molecule has 2 aromatic carbocycles. The van der Waals surface area contributed by atoms with Crippen LogP contribution < -0.4 is 22.1 Å². The summed E-state index contributed by atoms with van der Waals surface area (Å²) in [6, 6.07) is 16.0. The first kappa shape index (κ1) is 19.6. The number of anilines is 2. The molecule has 6 nitrogen and oxygen atoms in total. The van der Waals surface area contributed by atoms with Gasteiger partial charge in [0.15, 0.2) is 0 Å². The van der Waals surface area contributed by atoms with E-state index in [-0.39, 0.29) is 11.8 Å². The van der Waals surface area contributed by atoms with Gasteiger partial charge in [-0.2, -0.15) is 0 Å². The fourth-order valence-electron chi connectivity index (χ4n) is 2.78. The first-order valence-electron chi connectivity index (χ1n) is 8.79. The molecule has 28 heavy (non-hydrogen) atoms. The number of hydrogen-bond donors (Lipinski definition) is 4. The Morgan fingerprint density at radius 1 is 1.11 bits per heavy atom. The number of likely N-dealkylation sites (N-methyl/N-ethyl adjacent to an activating group) is 1. The number of benzene rings is 2. The van der Waals surface area contributed by atoms with Crippen molar-refractivity contribution in [1.82, 2.24) is 5.32 Å². The summed E-state index contributed by atoms with van der Waals surface area (Å²) in [5, 5.41) is 7.39. The van der Waals surface area contributed by atoms with Gasteiger partial charge in [-0.3, -0.25) is 9.59 Å². The van der Waals surface area contributed by atoms with Gasteiger partial charge in [-0.15, -0.1) is 11.3 Å². The summed E-state index contributed by atoms with van der Waals surface area (Å²) >= 11 is 1.62. The third-order valence-electron chi connectivity index (χ3n) is 4.36. The zero-order chi connectivity index (χ0) is 20.1. The highest BCUT2D eigenvalue weighted by molar-refractivity contribution is 7.13. The standard InChI is InChI=1S/C21H22N4O2S/c1-24-21(27)17(23)11-13-4-6-14(7-5-13)20(26)25-18-12-15(8-9-16(18)22)19-3-2-10-28-19/h2-10,12,17H,11,22-23H2,1H3,(H,24,27)(H,25,26). The lowest BCUT2D eigenvalue weighted by molar-refractivity contribution is -0.121. The lowest BCUT2D eigenvalue weighted by Gasteiger charge is -2.12. The lowest BCUT2D eigenvalue weighted by atomic mass is 10.0. The number of hydrogen-bond acceptors (Lipinski definition) is 5. The molecule has 0 aliphatic heterocycles. The summed E-state index contributed by atoms with van der Waals surface area (Å²) in [7, 11) is 1.55.